The van der Waals surface area contributed by atoms with Gasteiger partial charge in [0.15, 0.2) is 9.84 Å². The number of allylic oxidation sites excluding steroid dienone is 1. The van der Waals surface area contributed by atoms with Gasteiger partial charge in [-0.1, -0.05) is 12.1 Å². The van der Waals surface area contributed by atoms with Crippen molar-refractivity contribution < 1.29 is 31.2 Å². The van der Waals surface area contributed by atoms with E-state index in [1.807, 2.05) is 12.1 Å². The van der Waals surface area contributed by atoms with Gasteiger partial charge in [-0.25, -0.2) is 22.9 Å². The Morgan fingerprint density at radius 3 is 2.22 bits per heavy atom. The van der Waals surface area contributed by atoms with Gasteiger partial charge in [0.25, 0.3) is 0 Å². The Balaban J connectivity index is 1.65. The molecule has 2 aromatic rings. The fraction of sp³-hybridized carbons (Fsp3) is 0.419. The third-order valence-electron chi connectivity index (χ3n) is 8.64. The zero-order valence-corrected chi connectivity index (χ0v) is 25.5. The van der Waals surface area contributed by atoms with Crippen LogP contribution in [0.25, 0.3) is 0 Å². The van der Waals surface area contributed by atoms with E-state index >= 15 is 0 Å². The van der Waals surface area contributed by atoms with E-state index in [2.05, 4.69) is 4.90 Å². The molecule has 3 aliphatic rings. The van der Waals surface area contributed by atoms with Crippen LogP contribution in [0.4, 0.5) is 28.4 Å². The molecule has 0 bridgehead atoms. The molecule has 45 heavy (non-hydrogen) atoms. The molecule has 0 N–H and O–H groups in total. The first-order chi connectivity index (χ1) is 21.3. The topological polar surface area (TPSA) is 129 Å². The third-order valence-corrected chi connectivity index (χ3v) is 9.79. The Labute approximate surface area is 259 Å². The second kappa shape index (κ2) is 12.2. The molecule has 2 saturated heterocycles. The zero-order chi connectivity index (χ0) is 32.7. The van der Waals surface area contributed by atoms with E-state index in [1.165, 1.54) is 30.0 Å². The van der Waals surface area contributed by atoms with Crippen LogP contribution in [0.1, 0.15) is 55.3 Å². The second-order valence-corrected chi connectivity index (χ2v) is 13.4. The number of imide groups is 1. The van der Waals surface area contributed by atoms with Crippen LogP contribution in [0.2, 0.25) is 0 Å². The molecule has 0 aliphatic carbocycles. The van der Waals surface area contributed by atoms with Crippen LogP contribution in [0.15, 0.2) is 58.6 Å². The number of likely N-dealkylation sites (tertiary alicyclic amines) is 2. The largest absolute Gasteiger partial charge is 0.416 e. The number of hydrogen-bond acceptors (Lipinski definition) is 7. The van der Waals surface area contributed by atoms with Crippen molar-refractivity contribution >= 4 is 27.6 Å². The van der Waals surface area contributed by atoms with Crippen LogP contribution in [-0.4, -0.2) is 73.7 Å². The second-order valence-electron chi connectivity index (χ2n) is 11.4. The van der Waals surface area contributed by atoms with Crippen molar-refractivity contribution in [3.63, 3.8) is 0 Å². The molecule has 2 fully saturated rings. The van der Waals surface area contributed by atoms with Crippen molar-refractivity contribution in [3.05, 3.63) is 70.4 Å². The molecule has 1 atom stereocenters. The summed E-state index contributed by atoms with van der Waals surface area (Å²) in [6, 6.07) is 8.47. The molecule has 2 aromatic carbocycles. The number of sulfone groups is 1. The Morgan fingerprint density at radius 2 is 1.64 bits per heavy atom. The van der Waals surface area contributed by atoms with Crippen molar-refractivity contribution in [2.24, 2.45) is 0 Å². The number of amides is 4. The van der Waals surface area contributed by atoms with E-state index < -0.39 is 39.7 Å². The number of nitriles is 2. The maximum absolute atomic E-state index is 14.4. The molecule has 3 aliphatic heterocycles. The van der Waals surface area contributed by atoms with E-state index in [4.69, 9.17) is 0 Å². The highest BCUT2D eigenvalue weighted by Crippen LogP contribution is 2.43. The molecule has 0 saturated carbocycles. The number of hydrogen-bond donors (Lipinski definition) is 0. The lowest BCUT2D eigenvalue weighted by Crippen LogP contribution is -2.58. The smallest absolute Gasteiger partial charge is 0.324 e. The van der Waals surface area contributed by atoms with Gasteiger partial charge < -0.3 is 9.80 Å². The SMILES string of the molecule is CC1=C(C#N)[C@@H](c2ccc(C#N)cc2S(C)(=O)=O)N(C(=O)N2CCC(N3CCCC3)CC2)C(=O)N1c1cccc(C(F)(F)F)c1. The van der Waals surface area contributed by atoms with Crippen LogP contribution >= 0.6 is 0 Å². The van der Waals surface area contributed by atoms with E-state index in [0.29, 0.717) is 12.8 Å². The summed E-state index contributed by atoms with van der Waals surface area (Å²) in [7, 11) is -4.05. The molecule has 236 valence electrons. The molecule has 0 aromatic heterocycles. The summed E-state index contributed by atoms with van der Waals surface area (Å²) >= 11 is 0. The lowest BCUT2D eigenvalue weighted by Gasteiger charge is -2.44. The first kappa shape index (κ1) is 32.0. The van der Waals surface area contributed by atoms with Gasteiger partial charge in [0.1, 0.15) is 6.04 Å². The van der Waals surface area contributed by atoms with Crippen molar-refractivity contribution in [2.75, 3.05) is 37.3 Å². The molecule has 3 heterocycles. The summed E-state index contributed by atoms with van der Waals surface area (Å²) in [4.78, 5) is 33.8. The predicted octanol–water partition coefficient (Wildman–Crippen LogP) is 5.44. The highest BCUT2D eigenvalue weighted by Gasteiger charge is 2.47. The van der Waals surface area contributed by atoms with E-state index in [-0.39, 0.29) is 52.1 Å². The molecule has 0 unspecified atom stereocenters. The molecule has 14 heteroatoms. The van der Waals surface area contributed by atoms with E-state index in [0.717, 1.165) is 66.3 Å². The number of carbonyl (C=O) groups is 2. The molecule has 4 amide bonds. The fourth-order valence-corrected chi connectivity index (χ4v) is 7.34. The van der Waals surface area contributed by atoms with Gasteiger partial charge >= 0.3 is 18.2 Å². The number of piperidine rings is 1. The fourth-order valence-electron chi connectivity index (χ4n) is 6.40. The summed E-state index contributed by atoms with van der Waals surface area (Å²) in [5, 5.41) is 19.8. The van der Waals surface area contributed by atoms with Crippen LogP contribution in [0, 0.1) is 22.7 Å². The van der Waals surface area contributed by atoms with Crippen molar-refractivity contribution in [2.45, 2.75) is 55.8 Å². The lowest BCUT2D eigenvalue weighted by molar-refractivity contribution is -0.137. The Morgan fingerprint density at radius 1 is 0.978 bits per heavy atom. The predicted molar refractivity (Wildman–Crippen MR) is 157 cm³/mol. The Kier molecular flexibility index (Phi) is 8.66. The summed E-state index contributed by atoms with van der Waals surface area (Å²) in [5.41, 5.74) is -1.59. The van der Waals surface area contributed by atoms with Gasteiger partial charge in [-0.15, -0.1) is 0 Å². The average molecular weight is 641 g/mol. The van der Waals surface area contributed by atoms with Crippen molar-refractivity contribution in [1.82, 2.24) is 14.7 Å². The minimum Gasteiger partial charge on any atom is -0.324 e. The van der Waals surface area contributed by atoms with Crippen molar-refractivity contribution in [1.29, 1.82) is 10.5 Å². The molecule has 0 radical (unpaired) electrons. The van der Waals surface area contributed by atoms with E-state index in [1.54, 1.807) is 0 Å². The maximum Gasteiger partial charge on any atom is 0.416 e. The van der Waals surface area contributed by atoms with E-state index in [9.17, 15) is 41.7 Å². The molecular formula is C31H31F3N6O4S. The summed E-state index contributed by atoms with van der Waals surface area (Å²) in [6.07, 6.45) is -0.337. The quantitative estimate of drug-likeness (QED) is 0.435. The van der Waals surface area contributed by atoms with Gasteiger partial charge in [-0.05, 0) is 81.6 Å². The number of carbonyl (C=O) groups excluding carboxylic acids is 2. The lowest BCUT2D eigenvalue weighted by atomic mass is 9.93. The normalized spacial score (nSPS) is 20.4. The van der Waals surface area contributed by atoms with Crippen LogP contribution in [-0.2, 0) is 16.0 Å². The van der Waals surface area contributed by atoms with Crippen molar-refractivity contribution in [3.8, 4) is 12.1 Å². The van der Waals surface area contributed by atoms with Gasteiger partial charge in [0, 0.05) is 31.1 Å². The number of anilines is 1. The van der Waals surface area contributed by atoms with Gasteiger partial charge in [-0.3, -0.25) is 4.90 Å². The van der Waals surface area contributed by atoms with Gasteiger partial charge in [0.05, 0.1) is 39.4 Å². The monoisotopic (exact) mass is 640 g/mol. The number of rotatable bonds is 4. The highest BCUT2D eigenvalue weighted by atomic mass is 32.2. The first-order valence-corrected chi connectivity index (χ1v) is 16.3. The summed E-state index contributed by atoms with van der Waals surface area (Å²) in [5.74, 6) is 0. The van der Waals surface area contributed by atoms with Crippen LogP contribution in [0.5, 0.6) is 0 Å². The summed E-state index contributed by atoms with van der Waals surface area (Å²) < 4.78 is 66.8. The number of urea groups is 2. The number of halogens is 3. The first-order valence-electron chi connectivity index (χ1n) is 14.4. The zero-order valence-electron chi connectivity index (χ0n) is 24.7. The minimum atomic E-state index is -4.73. The van der Waals surface area contributed by atoms with Crippen LogP contribution in [0.3, 0.4) is 0 Å². The molecule has 0 spiro atoms. The van der Waals surface area contributed by atoms with Gasteiger partial charge in [0.2, 0.25) is 0 Å². The molecule has 5 rings (SSSR count). The standard InChI is InChI=1S/C31H31F3N6O4S/c1-20-26(19-36)28(25-9-8-21(18-35)16-27(25)45(2,43)44)40(29(41)38-14-10-23(11-15-38)37-12-3-4-13-37)30(42)39(20)24-7-5-6-22(17-24)31(32,33)34/h5-9,16-17,23,28H,3-4,10-15H2,1-2H3/t28-/m1/s1. The van der Waals surface area contributed by atoms with Crippen LogP contribution < -0.4 is 4.90 Å². The Bertz CT molecular complexity index is 1750. The Hall–Kier alpha value is -4.40. The number of nitrogens with zero attached hydrogens (tertiary/aromatic N) is 6. The highest BCUT2D eigenvalue weighted by molar-refractivity contribution is 7.90. The number of alkyl halides is 3. The average Bonchev–Trinajstić information content (AvgIpc) is 3.55. The third kappa shape index (κ3) is 6.13. The molecular weight excluding hydrogens is 609 g/mol. The molecule has 10 nitrogen and oxygen atoms in total. The maximum atomic E-state index is 14.4. The summed E-state index contributed by atoms with van der Waals surface area (Å²) in [6.45, 7) is 3.88. The number of benzene rings is 2. The minimum absolute atomic E-state index is 0.00738. The van der Waals surface area contributed by atoms with Gasteiger partial charge in [-0.2, -0.15) is 23.7 Å².